The lowest BCUT2D eigenvalue weighted by Gasteiger charge is -2.32. The van der Waals surface area contributed by atoms with Crippen LogP contribution >= 0.6 is 0 Å². The molecule has 0 aliphatic carbocycles. The predicted molar refractivity (Wildman–Crippen MR) is 98.2 cm³/mol. The molecule has 3 rings (SSSR count). The molecule has 1 aromatic rings. The van der Waals surface area contributed by atoms with Crippen molar-refractivity contribution in [3.8, 4) is 11.5 Å². The zero-order valence-electron chi connectivity index (χ0n) is 15.6. The Morgan fingerprint density at radius 1 is 1.24 bits per heavy atom. The van der Waals surface area contributed by atoms with Crippen molar-refractivity contribution in [1.29, 1.82) is 0 Å². The summed E-state index contributed by atoms with van der Waals surface area (Å²) in [6.07, 6.45) is 5.64. The van der Waals surface area contributed by atoms with Crippen molar-refractivity contribution in [2.75, 3.05) is 27.3 Å². The van der Waals surface area contributed by atoms with Crippen LogP contribution in [-0.2, 0) is 11.2 Å². The van der Waals surface area contributed by atoms with Gasteiger partial charge in [0.2, 0.25) is 5.91 Å². The topological polar surface area (TPSA) is 50.8 Å². The van der Waals surface area contributed by atoms with Gasteiger partial charge >= 0.3 is 0 Å². The van der Waals surface area contributed by atoms with E-state index in [4.69, 9.17) is 9.47 Å². The van der Waals surface area contributed by atoms with E-state index < -0.39 is 0 Å². The number of fused-ring (bicyclic) bond motifs is 1. The summed E-state index contributed by atoms with van der Waals surface area (Å²) in [4.78, 5) is 15.2. The van der Waals surface area contributed by atoms with Gasteiger partial charge in [-0.2, -0.15) is 0 Å². The predicted octanol–water partition coefficient (Wildman–Crippen LogP) is 2.63. The maximum Gasteiger partial charge on any atom is 0.224 e. The second-order valence-corrected chi connectivity index (χ2v) is 7.20. The number of rotatable bonds is 6. The van der Waals surface area contributed by atoms with Crippen LogP contribution in [0.1, 0.15) is 38.2 Å². The fourth-order valence-electron chi connectivity index (χ4n) is 4.36. The van der Waals surface area contributed by atoms with Crippen molar-refractivity contribution < 1.29 is 14.3 Å². The number of amides is 1. The zero-order chi connectivity index (χ0) is 17.8. The highest BCUT2D eigenvalue weighted by Gasteiger charge is 2.42. The van der Waals surface area contributed by atoms with E-state index in [1.807, 2.05) is 18.2 Å². The van der Waals surface area contributed by atoms with Crippen LogP contribution in [0.25, 0.3) is 0 Å². The van der Waals surface area contributed by atoms with Crippen LogP contribution in [0.3, 0.4) is 0 Å². The fourth-order valence-corrected chi connectivity index (χ4v) is 4.36. The minimum absolute atomic E-state index is 0.133. The number of carbonyl (C=O) groups excluding carboxylic acids is 1. The molecule has 138 valence electrons. The molecule has 0 saturated carbocycles. The fraction of sp³-hybridized carbons (Fsp3) is 0.650. The minimum Gasteiger partial charge on any atom is -0.493 e. The molecule has 2 aliphatic heterocycles. The van der Waals surface area contributed by atoms with E-state index in [0.29, 0.717) is 18.6 Å². The molecule has 2 aliphatic rings. The number of carbonyl (C=O) groups is 1. The van der Waals surface area contributed by atoms with E-state index in [1.165, 1.54) is 19.3 Å². The van der Waals surface area contributed by atoms with Gasteiger partial charge in [0.1, 0.15) is 0 Å². The summed E-state index contributed by atoms with van der Waals surface area (Å²) in [5.41, 5.74) is 1.13. The summed E-state index contributed by atoms with van der Waals surface area (Å²) in [6.45, 7) is 4.02. The van der Waals surface area contributed by atoms with Crippen LogP contribution in [0.15, 0.2) is 18.2 Å². The SMILES string of the molecule is COc1ccc(CCNC(=O)[C@H]2C[C@H]3CCCCN3[C@H]2C)cc1OC. The molecule has 1 amide bonds. The molecule has 0 unspecified atom stereocenters. The molecular formula is C20H30N2O3. The van der Waals surface area contributed by atoms with Crippen molar-refractivity contribution in [2.45, 2.75) is 51.1 Å². The van der Waals surface area contributed by atoms with Crippen LogP contribution in [0.5, 0.6) is 11.5 Å². The number of nitrogens with zero attached hydrogens (tertiary/aromatic N) is 1. The summed E-state index contributed by atoms with van der Waals surface area (Å²) in [5, 5.41) is 3.14. The molecule has 5 nitrogen and oxygen atoms in total. The molecule has 0 aromatic heterocycles. The number of benzene rings is 1. The van der Waals surface area contributed by atoms with Gasteiger partial charge in [-0.3, -0.25) is 9.69 Å². The van der Waals surface area contributed by atoms with E-state index in [-0.39, 0.29) is 11.8 Å². The first-order valence-electron chi connectivity index (χ1n) is 9.38. The minimum atomic E-state index is 0.133. The molecule has 2 heterocycles. The van der Waals surface area contributed by atoms with E-state index in [2.05, 4.69) is 17.1 Å². The maximum atomic E-state index is 12.6. The highest BCUT2D eigenvalue weighted by atomic mass is 16.5. The first-order valence-corrected chi connectivity index (χ1v) is 9.38. The van der Waals surface area contributed by atoms with Gasteiger partial charge in [-0.15, -0.1) is 0 Å². The Balaban J connectivity index is 1.51. The number of ether oxygens (including phenoxy) is 2. The van der Waals surface area contributed by atoms with Gasteiger partial charge < -0.3 is 14.8 Å². The lowest BCUT2D eigenvalue weighted by atomic mass is 9.97. The number of hydrogen-bond acceptors (Lipinski definition) is 4. The summed E-state index contributed by atoms with van der Waals surface area (Å²) in [5.74, 6) is 1.80. The molecule has 25 heavy (non-hydrogen) atoms. The monoisotopic (exact) mass is 346 g/mol. The third-order valence-electron chi connectivity index (χ3n) is 5.80. The van der Waals surface area contributed by atoms with Gasteiger partial charge in [0.15, 0.2) is 11.5 Å². The highest BCUT2D eigenvalue weighted by molar-refractivity contribution is 5.79. The van der Waals surface area contributed by atoms with Crippen LogP contribution < -0.4 is 14.8 Å². The van der Waals surface area contributed by atoms with Gasteiger partial charge in [0, 0.05) is 18.6 Å². The van der Waals surface area contributed by atoms with Crippen molar-refractivity contribution in [1.82, 2.24) is 10.2 Å². The Kier molecular flexibility index (Phi) is 5.84. The average molecular weight is 346 g/mol. The number of nitrogens with one attached hydrogen (secondary N) is 1. The number of methoxy groups -OCH3 is 2. The Morgan fingerprint density at radius 3 is 2.76 bits per heavy atom. The Morgan fingerprint density at radius 2 is 2.04 bits per heavy atom. The average Bonchev–Trinajstić information content (AvgIpc) is 2.98. The van der Waals surface area contributed by atoms with Crippen LogP contribution in [0.2, 0.25) is 0 Å². The molecule has 0 spiro atoms. The van der Waals surface area contributed by atoms with E-state index in [9.17, 15) is 4.79 Å². The Hall–Kier alpha value is -1.75. The lowest BCUT2D eigenvalue weighted by Crippen LogP contribution is -2.42. The quantitative estimate of drug-likeness (QED) is 0.860. The molecule has 3 atom stereocenters. The molecule has 0 bridgehead atoms. The third kappa shape index (κ3) is 3.92. The van der Waals surface area contributed by atoms with E-state index in [0.717, 1.165) is 36.4 Å². The summed E-state index contributed by atoms with van der Waals surface area (Å²) < 4.78 is 10.6. The Labute approximate surface area is 150 Å². The van der Waals surface area contributed by atoms with Crippen molar-refractivity contribution in [2.24, 2.45) is 5.92 Å². The Bertz CT molecular complexity index is 605. The van der Waals surface area contributed by atoms with Crippen LogP contribution in [0, 0.1) is 5.92 Å². The van der Waals surface area contributed by atoms with E-state index in [1.54, 1.807) is 14.2 Å². The molecule has 0 radical (unpaired) electrons. The molecule has 2 saturated heterocycles. The van der Waals surface area contributed by atoms with Gasteiger partial charge in [-0.25, -0.2) is 0 Å². The molecule has 2 fully saturated rings. The van der Waals surface area contributed by atoms with Crippen LogP contribution in [0.4, 0.5) is 0 Å². The van der Waals surface area contributed by atoms with Crippen molar-refractivity contribution >= 4 is 5.91 Å². The number of hydrogen-bond donors (Lipinski definition) is 1. The molecule has 1 aromatic carbocycles. The summed E-state index contributed by atoms with van der Waals surface area (Å²) in [6, 6.07) is 6.89. The van der Waals surface area contributed by atoms with Gasteiger partial charge in [-0.05, 0) is 56.8 Å². The second kappa shape index (κ2) is 8.09. The molecule has 1 N–H and O–H groups in total. The molecular weight excluding hydrogens is 316 g/mol. The van der Waals surface area contributed by atoms with Gasteiger partial charge in [0.05, 0.1) is 20.1 Å². The first-order chi connectivity index (χ1) is 12.1. The first kappa shape index (κ1) is 18.1. The summed E-state index contributed by atoms with van der Waals surface area (Å²) >= 11 is 0. The number of piperidine rings is 1. The maximum absolute atomic E-state index is 12.6. The second-order valence-electron chi connectivity index (χ2n) is 7.20. The third-order valence-corrected chi connectivity index (χ3v) is 5.80. The van der Waals surface area contributed by atoms with Crippen LogP contribution in [-0.4, -0.2) is 50.2 Å². The largest absolute Gasteiger partial charge is 0.493 e. The van der Waals surface area contributed by atoms with E-state index >= 15 is 0 Å². The van der Waals surface area contributed by atoms with Crippen molar-refractivity contribution in [3.63, 3.8) is 0 Å². The lowest BCUT2D eigenvalue weighted by molar-refractivity contribution is -0.125. The van der Waals surface area contributed by atoms with Gasteiger partial charge in [-0.1, -0.05) is 12.5 Å². The smallest absolute Gasteiger partial charge is 0.224 e. The zero-order valence-corrected chi connectivity index (χ0v) is 15.6. The van der Waals surface area contributed by atoms with Gasteiger partial charge in [0.25, 0.3) is 0 Å². The summed E-state index contributed by atoms with van der Waals surface area (Å²) in [7, 11) is 3.27. The molecule has 5 heteroatoms. The van der Waals surface area contributed by atoms with Crippen molar-refractivity contribution in [3.05, 3.63) is 23.8 Å². The normalized spacial score (nSPS) is 26.1. The standard InChI is InChI=1S/C20H30N2O3/c1-14-17(13-16-6-4-5-11-22(14)16)20(23)21-10-9-15-7-8-18(24-2)19(12-15)25-3/h7-8,12,14,16-17H,4-6,9-11,13H2,1-3H3,(H,21,23)/t14-,16+,17-/m0/s1. The highest BCUT2D eigenvalue weighted by Crippen LogP contribution is 2.35.